The highest BCUT2D eigenvalue weighted by atomic mass is 19.1. The highest BCUT2D eigenvalue weighted by Gasteiger charge is 2.48. The fraction of sp³-hybridized carbons (Fsp3) is 0.292. The van der Waals surface area contributed by atoms with Gasteiger partial charge >= 0.3 is 11.8 Å². The molecule has 158 valence electrons. The van der Waals surface area contributed by atoms with Crippen molar-refractivity contribution in [3.63, 3.8) is 0 Å². The predicted octanol–water partition coefficient (Wildman–Crippen LogP) is 4.59. The molecule has 31 heavy (non-hydrogen) atoms. The fourth-order valence-corrected chi connectivity index (χ4v) is 4.89. The summed E-state index contributed by atoms with van der Waals surface area (Å²) in [5.41, 5.74) is 2.02. The van der Waals surface area contributed by atoms with Gasteiger partial charge in [-0.3, -0.25) is 9.59 Å². The van der Waals surface area contributed by atoms with Crippen molar-refractivity contribution >= 4 is 23.2 Å². The normalized spacial score (nSPS) is 16.5. The zero-order chi connectivity index (χ0) is 21.6. The molecule has 3 aromatic rings. The fourth-order valence-electron chi connectivity index (χ4n) is 4.89. The van der Waals surface area contributed by atoms with Gasteiger partial charge < -0.3 is 14.6 Å². The molecular formula is C24H22FN3O3. The number of rotatable bonds is 2. The number of fused-ring (bicyclic) bond motifs is 2. The third-order valence-corrected chi connectivity index (χ3v) is 6.32. The molecule has 1 aliphatic heterocycles. The lowest BCUT2D eigenvalue weighted by Gasteiger charge is -2.24. The van der Waals surface area contributed by atoms with Crippen LogP contribution >= 0.6 is 0 Å². The molecule has 1 aliphatic carbocycles. The summed E-state index contributed by atoms with van der Waals surface area (Å²) in [6, 6.07) is 11.7. The smallest absolute Gasteiger partial charge is 0.316 e. The first-order chi connectivity index (χ1) is 15.0. The molecule has 1 spiro atoms. The quantitative estimate of drug-likeness (QED) is 0.617. The van der Waals surface area contributed by atoms with E-state index in [1.807, 2.05) is 0 Å². The van der Waals surface area contributed by atoms with Crippen LogP contribution in [-0.4, -0.2) is 23.3 Å². The Labute approximate surface area is 179 Å². The number of hydrogen-bond donors (Lipinski definition) is 1. The molecule has 2 aromatic carbocycles. The average molecular weight is 419 g/mol. The van der Waals surface area contributed by atoms with Gasteiger partial charge in [-0.05, 0) is 49.2 Å². The molecule has 0 radical (unpaired) electrons. The number of carbonyl (C=O) groups excluding carboxylic acids is 2. The Morgan fingerprint density at radius 2 is 1.87 bits per heavy atom. The maximum atomic E-state index is 14.7. The summed E-state index contributed by atoms with van der Waals surface area (Å²) in [6.45, 7) is 2.11. The molecule has 1 aromatic heterocycles. The lowest BCUT2D eigenvalue weighted by Crippen LogP contribution is -2.41. The first-order valence-electron chi connectivity index (χ1n) is 10.4. The van der Waals surface area contributed by atoms with Gasteiger partial charge in [0.1, 0.15) is 5.82 Å². The van der Waals surface area contributed by atoms with E-state index >= 15 is 0 Å². The number of benzene rings is 2. The molecular weight excluding hydrogens is 397 g/mol. The molecule has 7 heteroatoms. The summed E-state index contributed by atoms with van der Waals surface area (Å²) in [4.78, 5) is 31.3. The van der Waals surface area contributed by atoms with Gasteiger partial charge in [-0.25, -0.2) is 9.37 Å². The third-order valence-electron chi connectivity index (χ3n) is 6.32. The lowest BCUT2D eigenvalue weighted by molar-refractivity contribution is -0.134. The maximum absolute atomic E-state index is 14.7. The minimum atomic E-state index is -0.742. The Morgan fingerprint density at radius 1 is 1.13 bits per heavy atom. The molecule has 1 N–H and O–H groups in total. The van der Waals surface area contributed by atoms with Crippen LogP contribution in [0.15, 0.2) is 53.1 Å². The van der Waals surface area contributed by atoms with E-state index in [9.17, 15) is 14.0 Å². The minimum Gasteiger partial charge on any atom is -0.441 e. The second-order valence-electron chi connectivity index (χ2n) is 8.29. The van der Waals surface area contributed by atoms with Crippen LogP contribution in [0.4, 0.5) is 15.8 Å². The molecule has 6 nitrogen and oxygen atoms in total. The number of amides is 2. The van der Waals surface area contributed by atoms with Gasteiger partial charge in [-0.2, -0.15) is 0 Å². The Morgan fingerprint density at radius 3 is 2.55 bits per heavy atom. The van der Waals surface area contributed by atoms with E-state index in [0.717, 1.165) is 31.2 Å². The van der Waals surface area contributed by atoms with Crippen LogP contribution in [-0.2, 0) is 15.0 Å². The van der Waals surface area contributed by atoms with Gasteiger partial charge in [0.2, 0.25) is 0 Å². The van der Waals surface area contributed by atoms with E-state index in [1.54, 1.807) is 49.5 Å². The topological polar surface area (TPSA) is 75.4 Å². The second kappa shape index (κ2) is 7.34. The number of aryl methyl sites for hydroxylation is 1. The Kier molecular flexibility index (Phi) is 4.61. The van der Waals surface area contributed by atoms with Crippen LogP contribution in [0.1, 0.15) is 37.1 Å². The predicted molar refractivity (Wildman–Crippen MR) is 114 cm³/mol. The summed E-state index contributed by atoms with van der Waals surface area (Å²) >= 11 is 0. The van der Waals surface area contributed by atoms with Gasteiger partial charge in [0.05, 0.1) is 11.9 Å². The monoisotopic (exact) mass is 419 g/mol. The van der Waals surface area contributed by atoms with Crippen molar-refractivity contribution < 1.29 is 18.4 Å². The van der Waals surface area contributed by atoms with E-state index in [0.29, 0.717) is 35.1 Å². The van der Waals surface area contributed by atoms with Crippen molar-refractivity contribution in [2.45, 2.75) is 38.0 Å². The van der Waals surface area contributed by atoms with Gasteiger partial charge in [0.15, 0.2) is 11.7 Å². The molecule has 0 atom stereocenters. The number of oxazole rings is 1. The first kappa shape index (κ1) is 19.5. The molecule has 1 saturated carbocycles. The van der Waals surface area contributed by atoms with Gasteiger partial charge in [-0.1, -0.05) is 18.9 Å². The third kappa shape index (κ3) is 3.30. The Hall–Kier alpha value is -3.48. The molecule has 2 aliphatic rings. The summed E-state index contributed by atoms with van der Waals surface area (Å²) in [7, 11) is 0. The number of aromatic nitrogens is 1. The zero-order valence-corrected chi connectivity index (χ0v) is 17.2. The summed E-state index contributed by atoms with van der Waals surface area (Å²) in [5.74, 6) is -0.517. The van der Waals surface area contributed by atoms with Crippen molar-refractivity contribution in [2.24, 2.45) is 0 Å². The van der Waals surface area contributed by atoms with Crippen LogP contribution in [0.2, 0.25) is 0 Å². The molecule has 0 saturated heterocycles. The van der Waals surface area contributed by atoms with Crippen LogP contribution in [0, 0.1) is 12.7 Å². The van der Waals surface area contributed by atoms with Crippen molar-refractivity contribution in [1.82, 2.24) is 4.98 Å². The highest BCUT2D eigenvalue weighted by molar-refractivity contribution is 6.44. The Balaban J connectivity index is 1.35. The number of carbonyl (C=O) groups is 2. The van der Waals surface area contributed by atoms with Crippen molar-refractivity contribution in [1.29, 1.82) is 0 Å². The number of nitrogens with zero attached hydrogens (tertiary/aromatic N) is 2. The van der Waals surface area contributed by atoms with Crippen molar-refractivity contribution in [3.05, 3.63) is 65.9 Å². The number of nitrogens with one attached hydrogen (secondary N) is 1. The van der Waals surface area contributed by atoms with E-state index in [2.05, 4.69) is 10.3 Å². The largest absolute Gasteiger partial charge is 0.441 e. The first-order valence-corrected chi connectivity index (χ1v) is 10.4. The SMILES string of the molecule is Cc1ncc(-c2ccc(NC(=O)C(=O)N3CC4(CCCC4)c4c(F)cccc43)cc2)o1. The van der Waals surface area contributed by atoms with Crippen LogP contribution in [0.25, 0.3) is 11.3 Å². The van der Waals surface area contributed by atoms with Crippen molar-refractivity contribution in [2.75, 3.05) is 16.8 Å². The molecule has 0 bridgehead atoms. The highest BCUT2D eigenvalue weighted by Crippen LogP contribution is 2.51. The van der Waals surface area contributed by atoms with E-state index in [-0.39, 0.29) is 11.2 Å². The summed E-state index contributed by atoms with van der Waals surface area (Å²) < 4.78 is 20.2. The van der Waals surface area contributed by atoms with Gasteiger partial charge in [-0.15, -0.1) is 0 Å². The van der Waals surface area contributed by atoms with Crippen LogP contribution in [0.5, 0.6) is 0 Å². The minimum absolute atomic E-state index is 0.298. The van der Waals surface area contributed by atoms with Gasteiger partial charge in [0, 0.05) is 35.7 Å². The summed E-state index contributed by atoms with van der Waals surface area (Å²) in [6.07, 6.45) is 5.29. The lowest BCUT2D eigenvalue weighted by atomic mass is 9.80. The number of hydrogen-bond acceptors (Lipinski definition) is 4. The molecule has 2 amide bonds. The van der Waals surface area contributed by atoms with Crippen LogP contribution in [0.3, 0.4) is 0 Å². The van der Waals surface area contributed by atoms with E-state index < -0.39 is 11.8 Å². The molecule has 2 heterocycles. The molecule has 0 unspecified atom stereocenters. The molecule has 5 rings (SSSR count). The Bertz CT molecular complexity index is 1160. The van der Waals surface area contributed by atoms with Crippen molar-refractivity contribution in [3.8, 4) is 11.3 Å². The average Bonchev–Trinajstić information content (AvgIpc) is 3.49. The van der Waals surface area contributed by atoms with E-state index in [4.69, 9.17) is 4.42 Å². The maximum Gasteiger partial charge on any atom is 0.316 e. The zero-order valence-electron chi connectivity index (χ0n) is 17.2. The second-order valence-corrected chi connectivity index (χ2v) is 8.29. The van der Waals surface area contributed by atoms with E-state index in [1.165, 1.54) is 11.0 Å². The number of anilines is 2. The standard InChI is InChI=1S/C24H22FN3O3/c1-15-26-13-20(31-15)16-7-9-17(10-8-16)27-22(29)23(30)28-14-24(11-2-3-12-24)21-18(25)5-4-6-19(21)28/h4-10,13H,2-3,11-12,14H2,1H3,(H,27,29). The van der Waals surface area contributed by atoms with Gasteiger partial charge in [0.25, 0.3) is 0 Å². The van der Waals surface area contributed by atoms with Crippen LogP contribution < -0.4 is 10.2 Å². The number of halogens is 1. The summed E-state index contributed by atoms with van der Waals surface area (Å²) in [5, 5.41) is 2.66. The molecule has 1 fully saturated rings.